The predicted octanol–water partition coefficient (Wildman–Crippen LogP) is 10.7. The van der Waals surface area contributed by atoms with Crippen molar-refractivity contribution in [2.45, 2.75) is 19.5 Å². The molecule has 0 saturated heterocycles. The number of alkyl halides is 4. The molecule has 0 spiro atoms. The minimum atomic E-state index is -3.95. The van der Waals surface area contributed by atoms with E-state index in [0.29, 0.717) is 0 Å². The van der Waals surface area contributed by atoms with Gasteiger partial charge in [-0.15, -0.1) is 32.9 Å². The Morgan fingerprint density at radius 3 is 1.65 bits per heavy atom. The lowest BCUT2D eigenvalue weighted by Gasteiger charge is -2.16. The number of aromatic hydroxyl groups is 1. The summed E-state index contributed by atoms with van der Waals surface area (Å²) in [4.78, 5) is 40.3. The van der Waals surface area contributed by atoms with E-state index < -0.39 is 47.6 Å². The summed E-state index contributed by atoms with van der Waals surface area (Å²) in [5, 5.41) is 41.0. The number of azo groups is 2. The molecule has 0 fully saturated rings. The van der Waals surface area contributed by atoms with Gasteiger partial charge in [-0.25, -0.2) is 36.4 Å². The summed E-state index contributed by atoms with van der Waals surface area (Å²) in [7, 11) is -7.91. The van der Waals surface area contributed by atoms with Crippen LogP contribution in [-0.2, 0) is 29.6 Å². The highest BCUT2D eigenvalue weighted by molar-refractivity contribution is 7.93. The zero-order valence-electron chi connectivity index (χ0n) is 32.7. The van der Waals surface area contributed by atoms with E-state index in [0.717, 1.165) is 22.7 Å². The van der Waals surface area contributed by atoms with Gasteiger partial charge in [-0.05, 0) is 72.8 Å². The van der Waals surface area contributed by atoms with Gasteiger partial charge in [-0.3, -0.25) is 14.2 Å². The number of aromatic carboxylic acids is 1. The summed E-state index contributed by atoms with van der Waals surface area (Å²) in [6.45, 7) is 0. The SMILES string of the molecule is O=C(Nc1cccc2c(OC(=O)C(Cl)Cl)c(N=Nc3ccc(S(=O)(=O)Nc4nccs4)cc3)cc(N=Nc3ccc(S(=O)(=O)Nc4nccs4)cc3)c12)C(Cl)Cl.O=C(O)c1ccccc1O. The van der Waals surface area contributed by atoms with Gasteiger partial charge < -0.3 is 20.3 Å². The molecule has 66 heavy (non-hydrogen) atoms. The molecule has 2 aromatic heterocycles. The third-order valence-corrected chi connectivity index (χ3v) is 13.3. The van der Waals surface area contributed by atoms with E-state index in [1.807, 2.05) is 0 Å². The van der Waals surface area contributed by atoms with Crippen molar-refractivity contribution in [1.29, 1.82) is 0 Å². The van der Waals surface area contributed by atoms with E-state index in [9.17, 15) is 31.2 Å². The quantitative estimate of drug-likeness (QED) is 0.0277. The van der Waals surface area contributed by atoms with Gasteiger partial charge in [0.15, 0.2) is 20.8 Å². The highest BCUT2D eigenvalue weighted by atomic mass is 35.5. The summed E-state index contributed by atoms with van der Waals surface area (Å²) in [5.74, 6) is -3.37. The number of halogens is 4. The minimum Gasteiger partial charge on any atom is -0.507 e. The lowest BCUT2D eigenvalue weighted by atomic mass is 10.0. The van der Waals surface area contributed by atoms with Crippen LogP contribution < -0.4 is 19.5 Å². The smallest absolute Gasteiger partial charge is 0.344 e. The van der Waals surface area contributed by atoms with Crippen molar-refractivity contribution in [2.24, 2.45) is 20.5 Å². The maximum Gasteiger partial charge on any atom is 0.344 e. The van der Waals surface area contributed by atoms with Crippen molar-refractivity contribution in [2.75, 3.05) is 14.8 Å². The van der Waals surface area contributed by atoms with Crippen LogP contribution in [0.5, 0.6) is 11.5 Å². The largest absolute Gasteiger partial charge is 0.507 e. The third kappa shape index (κ3) is 12.7. The summed E-state index contributed by atoms with van der Waals surface area (Å²) >= 11 is 25.5. The molecular formula is C39H27Cl4N9O10S4. The second-order valence-corrected chi connectivity index (χ2v) is 19.9. The molecule has 1 amide bonds. The molecular weight excluding hydrogens is 1020 g/mol. The van der Waals surface area contributed by atoms with Gasteiger partial charge in [0.1, 0.15) is 17.0 Å². The first-order valence-electron chi connectivity index (χ1n) is 18.0. The number of carbonyl (C=O) groups is 3. The fourth-order valence-electron chi connectivity index (χ4n) is 5.28. The average molecular weight is 1050 g/mol. The number of carboxylic acid groups (broad SMARTS) is 1. The molecule has 5 N–H and O–H groups in total. The molecule has 340 valence electrons. The number of aromatic nitrogens is 2. The number of thiazole rings is 2. The Morgan fingerprint density at radius 1 is 0.667 bits per heavy atom. The fraction of sp³-hybridized carbons (Fsp3) is 0.0513. The molecule has 0 aliphatic rings. The molecule has 0 aliphatic heterocycles. The van der Waals surface area contributed by atoms with E-state index in [-0.39, 0.29) is 76.3 Å². The van der Waals surface area contributed by atoms with Crippen LogP contribution in [0.3, 0.4) is 0 Å². The highest BCUT2D eigenvalue weighted by Crippen LogP contribution is 2.46. The molecule has 5 aromatic carbocycles. The molecule has 0 bridgehead atoms. The van der Waals surface area contributed by atoms with Crippen LogP contribution in [-0.4, -0.2) is 64.5 Å². The van der Waals surface area contributed by atoms with Crippen LogP contribution >= 0.6 is 69.1 Å². The number of nitrogens with zero attached hydrogens (tertiary/aromatic N) is 6. The molecule has 2 heterocycles. The zero-order chi connectivity index (χ0) is 47.6. The Labute approximate surface area is 401 Å². The number of sulfonamides is 2. The second-order valence-electron chi connectivity index (χ2n) is 12.6. The maximum atomic E-state index is 12.8. The average Bonchev–Trinajstić information content (AvgIpc) is 4.00. The van der Waals surface area contributed by atoms with E-state index in [4.69, 9.17) is 61.4 Å². The second kappa shape index (κ2) is 21.8. The van der Waals surface area contributed by atoms with Gasteiger partial charge in [0.05, 0.1) is 32.5 Å². The number of benzene rings is 5. The van der Waals surface area contributed by atoms with Gasteiger partial charge in [0, 0.05) is 33.9 Å². The zero-order valence-corrected chi connectivity index (χ0v) is 39.0. The molecule has 0 radical (unpaired) electrons. The predicted molar refractivity (Wildman–Crippen MR) is 251 cm³/mol. The molecule has 0 unspecified atom stereocenters. The molecule has 0 saturated carbocycles. The molecule has 0 atom stereocenters. The van der Waals surface area contributed by atoms with Crippen LogP contribution in [0.2, 0.25) is 0 Å². The van der Waals surface area contributed by atoms with Crippen molar-refractivity contribution in [3.63, 3.8) is 0 Å². The Bertz CT molecular complexity index is 3160. The van der Waals surface area contributed by atoms with Gasteiger partial charge in [-0.1, -0.05) is 70.7 Å². The number of nitrogens with one attached hydrogen (secondary N) is 3. The van der Waals surface area contributed by atoms with E-state index >= 15 is 0 Å². The number of hydrogen-bond donors (Lipinski definition) is 5. The van der Waals surface area contributed by atoms with Gasteiger partial charge >= 0.3 is 11.9 Å². The van der Waals surface area contributed by atoms with Crippen LogP contribution in [0.1, 0.15) is 10.4 Å². The molecule has 27 heteroatoms. The number of esters is 1. The maximum absolute atomic E-state index is 12.8. The summed E-state index contributed by atoms with van der Waals surface area (Å²) in [6, 6.07) is 22.5. The fourth-order valence-corrected chi connectivity index (χ4v) is 9.05. The number of carboxylic acids is 1. The Kier molecular flexibility index (Phi) is 16.2. The summed E-state index contributed by atoms with van der Waals surface area (Å²) in [5.41, 5.74) is 0.431. The summed E-state index contributed by atoms with van der Waals surface area (Å²) < 4.78 is 61.6. The number of fused-ring (bicyclic) bond motifs is 1. The number of amides is 1. The van der Waals surface area contributed by atoms with Crippen molar-refractivity contribution < 1.29 is 46.2 Å². The first-order chi connectivity index (χ1) is 31.4. The van der Waals surface area contributed by atoms with Crippen LogP contribution in [0.15, 0.2) is 150 Å². The molecule has 7 aromatic rings. The number of carbonyl (C=O) groups excluding carboxylic acids is 2. The van der Waals surface area contributed by atoms with Crippen molar-refractivity contribution in [3.05, 3.63) is 126 Å². The monoisotopic (exact) mass is 1050 g/mol. The van der Waals surface area contributed by atoms with Crippen molar-refractivity contribution in [1.82, 2.24) is 9.97 Å². The lowest BCUT2D eigenvalue weighted by Crippen LogP contribution is -2.19. The van der Waals surface area contributed by atoms with Crippen molar-refractivity contribution >= 4 is 156 Å². The number of rotatable bonds is 15. The van der Waals surface area contributed by atoms with E-state index in [2.05, 4.69) is 45.2 Å². The number of ether oxygens (including phenoxy) is 1. The minimum absolute atomic E-state index is 0.0514. The van der Waals surface area contributed by atoms with Crippen LogP contribution in [0.25, 0.3) is 10.8 Å². The van der Waals surface area contributed by atoms with Crippen LogP contribution in [0.4, 0.5) is 38.7 Å². The molecule has 7 rings (SSSR count). The van der Waals surface area contributed by atoms with E-state index in [1.165, 1.54) is 97.3 Å². The lowest BCUT2D eigenvalue weighted by molar-refractivity contribution is -0.132. The molecule has 0 aliphatic carbocycles. The normalized spacial score (nSPS) is 11.7. The van der Waals surface area contributed by atoms with Crippen LogP contribution in [0, 0.1) is 0 Å². The first kappa shape index (κ1) is 49.1. The Balaban J connectivity index is 0.000000637. The number of para-hydroxylation sites is 1. The van der Waals surface area contributed by atoms with E-state index in [1.54, 1.807) is 22.9 Å². The number of anilines is 3. The highest BCUT2D eigenvalue weighted by Gasteiger charge is 2.24. The number of hydrogen-bond acceptors (Lipinski definition) is 17. The summed E-state index contributed by atoms with van der Waals surface area (Å²) in [6.07, 6.45) is 2.92. The van der Waals surface area contributed by atoms with Crippen molar-refractivity contribution in [3.8, 4) is 11.5 Å². The van der Waals surface area contributed by atoms with Gasteiger partial charge in [0.2, 0.25) is 4.84 Å². The standard InChI is InChI=1S/C32H21Cl4N9O7S4.C7H6O3/c33-27(34)29(46)39-22-3-1-2-21-25(22)23(42-40-17-4-8-19(9-5-17)55(48,49)44-31-37-12-14-53-31)16-24(26(21)52-30(47)28(35)36)43-41-18-6-10-20(11-7-18)56(50,51)45-32-38-13-15-54-32;8-6-4-2-1-3-5(6)7(9)10/h1-16,27-28H,(H,37,44)(H,38,45)(H,39,46);1-4,8H,(H,9,10). The van der Waals surface area contributed by atoms with Gasteiger partial charge in [-0.2, -0.15) is 10.2 Å². The topological polar surface area (TPSA) is 280 Å². The first-order valence-corrected chi connectivity index (χ1v) is 24.5. The Morgan fingerprint density at radius 2 is 1.20 bits per heavy atom. The Hall–Kier alpha value is -6.31. The van der Waals surface area contributed by atoms with Gasteiger partial charge in [0.25, 0.3) is 26.0 Å². The molecule has 19 nitrogen and oxygen atoms in total. The third-order valence-electron chi connectivity index (χ3n) is 8.19. The number of phenols is 1.